The lowest BCUT2D eigenvalue weighted by Crippen LogP contribution is -2.05. The highest BCUT2D eigenvalue weighted by molar-refractivity contribution is 6.37. The van der Waals surface area contributed by atoms with Crippen LogP contribution in [0.25, 0.3) is 6.08 Å². The van der Waals surface area contributed by atoms with Crippen LogP contribution in [0.4, 0.5) is 0 Å². The summed E-state index contributed by atoms with van der Waals surface area (Å²) in [5, 5.41) is 0.855. The summed E-state index contributed by atoms with van der Waals surface area (Å²) in [6, 6.07) is 20.5. The van der Waals surface area contributed by atoms with Crippen molar-refractivity contribution >= 4 is 41.1 Å². The molecule has 150 valence electrons. The van der Waals surface area contributed by atoms with Gasteiger partial charge in [0, 0.05) is 5.02 Å². The van der Waals surface area contributed by atoms with E-state index in [1.54, 1.807) is 24.3 Å². The van der Waals surface area contributed by atoms with E-state index in [1.165, 1.54) is 5.56 Å². The fourth-order valence-electron chi connectivity index (χ4n) is 3.01. The second-order valence-corrected chi connectivity index (χ2v) is 7.65. The molecular weight excluding hydrogens is 421 g/mol. The fraction of sp³-hybridized carbons (Fsp3) is 0.0833. The SMILES string of the molecule is Cc1cccc(COc2cccc(/C=C3\N=C(c4ccc(Cl)cc4Cl)OC3=O)c2)c1. The molecule has 0 bridgehead atoms. The molecular formula is C24H17Cl2NO3. The highest BCUT2D eigenvalue weighted by Gasteiger charge is 2.25. The second kappa shape index (κ2) is 8.74. The quantitative estimate of drug-likeness (QED) is 0.351. The van der Waals surface area contributed by atoms with Gasteiger partial charge in [0.25, 0.3) is 0 Å². The van der Waals surface area contributed by atoms with Crippen molar-refractivity contribution in [2.45, 2.75) is 13.5 Å². The highest BCUT2D eigenvalue weighted by Crippen LogP contribution is 2.27. The summed E-state index contributed by atoms with van der Waals surface area (Å²) in [6.45, 7) is 2.50. The maximum atomic E-state index is 12.3. The number of hydrogen-bond acceptors (Lipinski definition) is 4. The number of aryl methyl sites for hydroxylation is 1. The van der Waals surface area contributed by atoms with Gasteiger partial charge in [0.1, 0.15) is 12.4 Å². The monoisotopic (exact) mass is 437 g/mol. The zero-order chi connectivity index (χ0) is 21.1. The van der Waals surface area contributed by atoms with Crippen molar-refractivity contribution in [3.63, 3.8) is 0 Å². The van der Waals surface area contributed by atoms with Gasteiger partial charge in [-0.1, -0.05) is 65.2 Å². The Kier molecular flexibility index (Phi) is 5.88. The molecule has 0 aromatic heterocycles. The van der Waals surface area contributed by atoms with Crippen LogP contribution in [0.2, 0.25) is 10.0 Å². The standard InChI is InChI=1S/C24H17Cl2NO3/c1-15-4-2-6-17(10-15)14-29-19-7-3-5-16(11-19)12-22-24(28)30-23(27-22)20-9-8-18(25)13-21(20)26/h2-13H,14H2,1H3/b22-12-. The number of rotatable bonds is 5. The van der Waals surface area contributed by atoms with Crippen LogP contribution in [-0.4, -0.2) is 11.9 Å². The highest BCUT2D eigenvalue weighted by atomic mass is 35.5. The van der Waals surface area contributed by atoms with E-state index in [4.69, 9.17) is 32.7 Å². The lowest BCUT2D eigenvalue weighted by atomic mass is 10.1. The van der Waals surface area contributed by atoms with Crippen LogP contribution in [0.3, 0.4) is 0 Å². The van der Waals surface area contributed by atoms with Crippen molar-refractivity contribution in [2.75, 3.05) is 0 Å². The number of hydrogen-bond donors (Lipinski definition) is 0. The molecule has 0 spiro atoms. The summed E-state index contributed by atoms with van der Waals surface area (Å²) in [6.07, 6.45) is 1.65. The Labute approximate surface area is 184 Å². The zero-order valence-corrected chi connectivity index (χ0v) is 17.6. The van der Waals surface area contributed by atoms with Crippen LogP contribution < -0.4 is 4.74 Å². The van der Waals surface area contributed by atoms with Gasteiger partial charge in [-0.2, -0.15) is 0 Å². The van der Waals surface area contributed by atoms with Gasteiger partial charge in [-0.3, -0.25) is 0 Å². The normalized spacial score (nSPS) is 14.6. The summed E-state index contributed by atoms with van der Waals surface area (Å²) < 4.78 is 11.2. The number of halogens is 2. The Bertz CT molecular complexity index is 1180. The topological polar surface area (TPSA) is 47.9 Å². The zero-order valence-electron chi connectivity index (χ0n) is 16.1. The first-order chi connectivity index (χ1) is 14.5. The van der Waals surface area contributed by atoms with Gasteiger partial charge < -0.3 is 9.47 Å². The van der Waals surface area contributed by atoms with Crippen molar-refractivity contribution in [3.8, 4) is 5.75 Å². The summed E-state index contributed by atoms with van der Waals surface area (Å²) in [5.41, 5.74) is 3.74. The molecule has 1 aliphatic rings. The Morgan fingerprint density at radius 1 is 1.03 bits per heavy atom. The Morgan fingerprint density at radius 3 is 2.67 bits per heavy atom. The molecule has 0 saturated heterocycles. The van der Waals surface area contributed by atoms with E-state index in [0.29, 0.717) is 28.0 Å². The van der Waals surface area contributed by atoms with Crippen molar-refractivity contribution < 1.29 is 14.3 Å². The molecule has 0 radical (unpaired) electrons. The smallest absolute Gasteiger partial charge is 0.363 e. The van der Waals surface area contributed by atoms with Gasteiger partial charge in [-0.05, 0) is 54.5 Å². The van der Waals surface area contributed by atoms with E-state index in [9.17, 15) is 4.79 Å². The molecule has 30 heavy (non-hydrogen) atoms. The largest absolute Gasteiger partial charge is 0.489 e. The molecule has 1 heterocycles. The minimum absolute atomic E-state index is 0.153. The molecule has 3 aromatic rings. The van der Waals surface area contributed by atoms with Gasteiger partial charge >= 0.3 is 5.97 Å². The summed E-state index contributed by atoms with van der Waals surface area (Å²) in [4.78, 5) is 16.6. The average Bonchev–Trinajstić information content (AvgIpc) is 3.07. The fourth-order valence-corrected chi connectivity index (χ4v) is 3.50. The van der Waals surface area contributed by atoms with Gasteiger partial charge in [-0.15, -0.1) is 0 Å². The van der Waals surface area contributed by atoms with Gasteiger partial charge in [0.15, 0.2) is 5.70 Å². The number of ether oxygens (including phenoxy) is 2. The van der Waals surface area contributed by atoms with Crippen LogP contribution in [0.15, 0.2) is 77.4 Å². The predicted molar refractivity (Wildman–Crippen MR) is 119 cm³/mol. The van der Waals surface area contributed by atoms with E-state index in [1.807, 2.05) is 49.4 Å². The Morgan fingerprint density at radius 2 is 1.87 bits per heavy atom. The van der Waals surface area contributed by atoms with E-state index >= 15 is 0 Å². The van der Waals surface area contributed by atoms with Gasteiger partial charge in [-0.25, -0.2) is 9.79 Å². The van der Waals surface area contributed by atoms with Gasteiger partial charge in [0.05, 0.1) is 10.6 Å². The molecule has 0 unspecified atom stereocenters. The number of carbonyl (C=O) groups excluding carboxylic acids is 1. The number of benzene rings is 3. The molecule has 6 heteroatoms. The van der Waals surface area contributed by atoms with Gasteiger partial charge in [0.2, 0.25) is 5.90 Å². The van der Waals surface area contributed by atoms with E-state index in [-0.39, 0.29) is 11.6 Å². The van der Waals surface area contributed by atoms with E-state index in [2.05, 4.69) is 11.1 Å². The molecule has 0 fully saturated rings. The molecule has 0 aliphatic carbocycles. The number of cyclic esters (lactones) is 1. The van der Waals surface area contributed by atoms with Crippen LogP contribution in [0.5, 0.6) is 5.75 Å². The van der Waals surface area contributed by atoms with Crippen molar-refractivity contribution in [2.24, 2.45) is 4.99 Å². The Balaban J connectivity index is 1.53. The van der Waals surface area contributed by atoms with Crippen molar-refractivity contribution in [3.05, 3.63) is 105 Å². The molecule has 4 nitrogen and oxygen atoms in total. The van der Waals surface area contributed by atoms with Crippen molar-refractivity contribution in [1.29, 1.82) is 0 Å². The molecule has 0 atom stereocenters. The maximum absolute atomic E-state index is 12.3. The summed E-state index contributed by atoms with van der Waals surface area (Å²) in [7, 11) is 0. The van der Waals surface area contributed by atoms with Crippen LogP contribution in [0.1, 0.15) is 22.3 Å². The predicted octanol–water partition coefficient (Wildman–Crippen LogP) is 6.23. The first-order valence-corrected chi connectivity index (χ1v) is 10.00. The number of nitrogens with zero attached hydrogens (tertiary/aromatic N) is 1. The summed E-state index contributed by atoms with van der Waals surface area (Å²) >= 11 is 12.1. The third-order valence-electron chi connectivity index (χ3n) is 4.43. The molecule has 0 amide bonds. The lowest BCUT2D eigenvalue weighted by molar-refractivity contribution is -0.129. The first kappa shape index (κ1) is 20.2. The molecule has 4 rings (SSSR count). The Hall–Kier alpha value is -3.08. The molecule has 0 N–H and O–H groups in total. The minimum Gasteiger partial charge on any atom is -0.489 e. The van der Waals surface area contributed by atoms with E-state index < -0.39 is 5.97 Å². The third-order valence-corrected chi connectivity index (χ3v) is 4.98. The number of carbonyl (C=O) groups is 1. The molecule has 0 saturated carbocycles. The second-order valence-electron chi connectivity index (χ2n) is 6.81. The average molecular weight is 438 g/mol. The van der Waals surface area contributed by atoms with Crippen molar-refractivity contribution in [1.82, 2.24) is 0 Å². The van der Waals surface area contributed by atoms with Crippen LogP contribution >= 0.6 is 23.2 Å². The van der Waals surface area contributed by atoms with Crippen LogP contribution in [0, 0.1) is 6.92 Å². The lowest BCUT2D eigenvalue weighted by Gasteiger charge is -2.07. The number of esters is 1. The summed E-state index contributed by atoms with van der Waals surface area (Å²) in [5.74, 6) is 0.309. The molecule has 3 aromatic carbocycles. The van der Waals surface area contributed by atoms with E-state index in [0.717, 1.165) is 11.1 Å². The maximum Gasteiger partial charge on any atom is 0.363 e. The first-order valence-electron chi connectivity index (χ1n) is 9.24. The molecule has 1 aliphatic heterocycles. The van der Waals surface area contributed by atoms with Crippen LogP contribution in [-0.2, 0) is 16.1 Å². The minimum atomic E-state index is -0.540. The number of aliphatic imine (C=N–C) groups is 1. The third kappa shape index (κ3) is 4.73.